The Morgan fingerprint density at radius 2 is 1.95 bits per heavy atom. The van der Waals surface area contributed by atoms with Crippen molar-refractivity contribution in [3.8, 4) is 28.6 Å². The molecule has 2 aromatic heterocycles. The predicted octanol–water partition coefficient (Wildman–Crippen LogP) is 2.61. The SMILES string of the molecule is Cc1cc(-c2ccccc2-c2ncc[nH]2)c(C#N)c(=O)[nH]1. The van der Waals surface area contributed by atoms with E-state index in [2.05, 4.69) is 15.0 Å². The van der Waals surface area contributed by atoms with Crippen LogP contribution < -0.4 is 5.56 Å². The first-order valence-corrected chi connectivity index (χ1v) is 6.44. The number of rotatable bonds is 2. The molecule has 0 radical (unpaired) electrons. The van der Waals surface area contributed by atoms with Gasteiger partial charge in [-0.05, 0) is 18.6 Å². The van der Waals surface area contributed by atoms with E-state index in [1.807, 2.05) is 36.4 Å². The number of benzene rings is 1. The maximum Gasteiger partial charge on any atom is 0.266 e. The number of aromatic amines is 2. The number of aryl methyl sites for hydroxylation is 1. The summed E-state index contributed by atoms with van der Waals surface area (Å²) in [7, 11) is 0. The van der Waals surface area contributed by atoms with Gasteiger partial charge in [-0.15, -0.1) is 0 Å². The van der Waals surface area contributed by atoms with E-state index >= 15 is 0 Å². The van der Waals surface area contributed by atoms with Crippen LogP contribution in [0.4, 0.5) is 0 Å². The highest BCUT2D eigenvalue weighted by atomic mass is 16.1. The van der Waals surface area contributed by atoms with E-state index in [0.29, 0.717) is 17.1 Å². The summed E-state index contributed by atoms with van der Waals surface area (Å²) in [6.45, 7) is 1.79. The second kappa shape index (κ2) is 5.10. The van der Waals surface area contributed by atoms with Gasteiger partial charge >= 0.3 is 0 Å². The van der Waals surface area contributed by atoms with E-state index in [9.17, 15) is 10.1 Å². The number of hydrogen-bond donors (Lipinski definition) is 2. The number of H-pyrrole nitrogens is 2. The van der Waals surface area contributed by atoms with Crippen molar-refractivity contribution in [2.75, 3.05) is 0 Å². The smallest absolute Gasteiger partial charge is 0.266 e. The fourth-order valence-corrected chi connectivity index (χ4v) is 2.35. The zero-order valence-electron chi connectivity index (χ0n) is 11.3. The minimum Gasteiger partial charge on any atom is -0.345 e. The van der Waals surface area contributed by atoms with E-state index < -0.39 is 0 Å². The van der Waals surface area contributed by atoms with Gasteiger partial charge in [-0.1, -0.05) is 24.3 Å². The topological polar surface area (TPSA) is 85.3 Å². The average Bonchev–Trinajstić information content (AvgIpc) is 3.00. The molecule has 3 rings (SSSR count). The molecule has 0 unspecified atom stereocenters. The second-order valence-corrected chi connectivity index (χ2v) is 4.67. The van der Waals surface area contributed by atoms with Crippen molar-refractivity contribution in [2.24, 2.45) is 0 Å². The molecule has 0 aliphatic heterocycles. The normalized spacial score (nSPS) is 10.3. The average molecular weight is 276 g/mol. The maximum absolute atomic E-state index is 12.0. The van der Waals surface area contributed by atoms with Crippen LogP contribution in [-0.4, -0.2) is 15.0 Å². The Kier molecular flexibility index (Phi) is 3.13. The molecular formula is C16H12N4O. The van der Waals surface area contributed by atoms with Crippen LogP contribution >= 0.6 is 0 Å². The van der Waals surface area contributed by atoms with Crippen LogP contribution in [0.3, 0.4) is 0 Å². The van der Waals surface area contributed by atoms with Crippen molar-refractivity contribution >= 4 is 0 Å². The van der Waals surface area contributed by atoms with Crippen molar-refractivity contribution in [1.82, 2.24) is 15.0 Å². The van der Waals surface area contributed by atoms with Gasteiger partial charge in [0.25, 0.3) is 5.56 Å². The summed E-state index contributed by atoms with van der Waals surface area (Å²) < 4.78 is 0. The zero-order valence-corrected chi connectivity index (χ0v) is 11.3. The molecule has 0 aliphatic carbocycles. The number of aromatic nitrogens is 3. The van der Waals surface area contributed by atoms with Crippen molar-refractivity contribution in [3.63, 3.8) is 0 Å². The summed E-state index contributed by atoms with van der Waals surface area (Å²) in [5.41, 5.74) is 2.72. The molecule has 0 saturated carbocycles. The highest BCUT2D eigenvalue weighted by Gasteiger charge is 2.15. The fourth-order valence-electron chi connectivity index (χ4n) is 2.35. The lowest BCUT2D eigenvalue weighted by Crippen LogP contribution is -2.13. The Morgan fingerprint density at radius 3 is 2.62 bits per heavy atom. The number of imidazole rings is 1. The van der Waals surface area contributed by atoms with Gasteiger partial charge in [0.05, 0.1) is 0 Å². The van der Waals surface area contributed by atoms with Gasteiger partial charge in [-0.2, -0.15) is 5.26 Å². The molecule has 0 aliphatic rings. The molecule has 0 saturated heterocycles. The van der Waals surface area contributed by atoms with Gasteiger partial charge in [0.2, 0.25) is 0 Å². The number of nitriles is 1. The molecule has 5 heteroatoms. The Hall–Kier alpha value is -3.13. The Balaban J connectivity index is 2.33. The van der Waals surface area contributed by atoms with Crippen LogP contribution in [0.25, 0.3) is 22.5 Å². The lowest BCUT2D eigenvalue weighted by atomic mass is 9.96. The number of nitrogens with one attached hydrogen (secondary N) is 2. The van der Waals surface area contributed by atoms with E-state index in [1.54, 1.807) is 19.3 Å². The molecule has 0 spiro atoms. The molecule has 21 heavy (non-hydrogen) atoms. The third kappa shape index (κ3) is 2.23. The fraction of sp³-hybridized carbons (Fsp3) is 0.0625. The van der Waals surface area contributed by atoms with Crippen LogP contribution in [-0.2, 0) is 0 Å². The lowest BCUT2D eigenvalue weighted by Gasteiger charge is -2.09. The molecule has 1 aromatic carbocycles. The lowest BCUT2D eigenvalue weighted by molar-refractivity contribution is 1.13. The first-order chi connectivity index (χ1) is 10.2. The molecule has 3 aromatic rings. The summed E-state index contributed by atoms with van der Waals surface area (Å²) in [5.74, 6) is 0.701. The first-order valence-electron chi connectivity index (χ1n) is 6.44. The molecule has 0 bridgehead atoms. The molecule has 2 N–H and O–H groups in total. The molecule has 102 valence electrons. The zero-order chi connectivity index (χ0) is 14.8. The van der Waals surface area contributed by atoms with Crippen LogP contribution in [0.2, 0.25) is 0 Å². The summed E-state index contributed by atoms with van der Waals surface area (Å²) in [5, 5.41) is 9.28. The van der Waals surface area contributed by atoms with Gasteiger partial charge in [-0.25, -0.2) is 4.98 Å². The Labute approximate surface area is 120 Å². The van der Waals surface area contributed by atoms with Crippen molar-refractivity contribution in [2.45, 2.75) is 6.92 Å². The van der Waals surface area contributed by atoms with Crippen LogP contribution in [0.15, 0.2) is 47.5 Å². The summed E-state index contributed by atoms with van der Waals surface area (Å²) in [4.78, 5) is 21.9. The molecule has 5 nitrogen and oxygen atoms in total. The molecule has 0 amide bonds. The summed E-state index contributed by atoms with van der Waals surface area (Å²) in [6, 6.07) is 11.4. The second-order valence-electron chi connectivity index (χ2n) is 4.67. The summed E-state index contributed by atoms with van der Waals surface area (Å²) in [6.07, 6.45) is 3.40. The highest BCUT2D eigenvalue weighted by Crippen LogP contribution is 2.31. The van der Waals surface area contributed by atoms with Crippen molar-refractivity contribution in [3.05, 3.63) is 64.3 Å². The molecule has 0 atom stereocenters. The maximum atomic E-state index is 12.0. The quantitative estimate of drug-likeness (QED) is 0.754. The number of nitrogens with zero attached hydrogens (tertiary/aromatic N) is 2. The standard InChI is InChI=1S/C16H12N4O/c1-10-8-13(14(9-17)16(21)20-10)11-4-2-3-5-12(11)15-18-6-7-19-15/h2-8H,1H3,(H,18,19)(H,20,21). The summed E-state index contributed by atoms with van der Waals surface area (Å²) >= 11 is 0. The highest BCUT2D eigenvalue weighted by molar-refractivity contribution is 5.83. The largest absolute Gasteiger partial charge is 0.345 e. The minimum absolute atomic E-state index is 0.111. The van der Waals surface area contributed by atoms with Gasteiger partial charge < -0.3 is 9.97 Å². The van der Waals surface area contributed by atoms with Crippen molar-refractivity contribution < 1.29 is 0 Å². The van der Waals surface area contributed by atoms with Gasteiger partial charge in [-0.3, -0.25) is 4.79 Å². The minimum atomic E-state index is -0.373. The van der Waals surface area contributed by atoms with Crippen LogP contribution in [0, 0.1) is 18.3 Å². The Morgan fingerprint density at radius 1 is 1.19 bits per heavy atom. The third-order valence-corrected chi connectivity index (χ3v) is 3.25. The molecule has 0 fully saturated rings. The van der Waals surface area contributed by atoms with E-state index in [0.717, 1.165) is 11.1 Å². The number of hydrogen-bond acceptors (Lipinski definition) is 3. The van der Waals surface area contributed by atoms with Crippen LogP contribution in [0.5, 0.6) is 0 Å². The Bertz CT molecular complexity index is 885. The predicted molar refractivity (Wildman–Crippen MR) is 79.5 cm³/mol. The van der Waals surface area contributed by atoms with Gasteiger partial charge in [0.15, 0.2) is 0 Å². The van der Waals surface area contributed by atoms with E-state index in [-0.39, 0.29) is 11.1 Å². The van der Waals surface area contributed by atoms with E-state index in [4.69, 9.17) is 0 Å². The van der Waals surface area contributed by atoms with Gasteiger partial charge in [0, 0.05) is 29.2 Å². The van der Waals surface area contributed by atoms with Crippen LogP contribution in [0.1, 0.15) is 11.3 Å². The third-order valence-electron chi connectivity index (χ3n) is 3.25. The van der Waals surface area contributed by atoms with Gasteiger partial charge in [0.1, 0.15) is 17.5 Å². The monoisotopic (exact) mass is 276 g/mol. The molecular weight excluding hydrogens is 264 g/mol. The van der Waals surface area contributed by atoms with Crippen molar-refractivity contribution in [1.29, 1.82) is 5.26 Å². The molecule has 2 heterocycles. The number of pyridine rings is 1. The first kappa shape index (κ1) is 12.9. The van der Waals surface area contributed by atoms with E-state index in [1.165, 1.54) is 0 Å².